The van der Waals surface area contributed by atoms with E-state index in [0.717, 1.165) is 24.5 Å². The van der Waals surface area contributed by atoms with Gasteiger partial charge in [0.15, 0.2) is 0 Å². The van der Waals surface area contributed by atoms with Gasteiger partial charge < -0.3 is 14.7 Å². The molecule has 4 nitrogen and oxygen atoms in total. The van der Waals surface area contributed by atoms with Crippen LogP contribution in [-0.2, 0) is 13.2 Å². The number of anilines is 1. The molecule has 0 unspecified atom stereocenters. The number of nitrogens with zero attached hydrogens (tertiary/aromatic N) is 2. The molecule has 0 saturated heterocycles. The molecule has 0 fully saturated rings. The van der Waals surface area contributed by atoms with Crippen LogP contribution in [0.2, 0.25) is 0 Å². The summed E-state index contributed by atoms with van der Waals surface area (Å²) in [7, 11) is 0. The summed E-state index contributed by atoms with van der Waals surface area (Å²) in [6.07, 6.45) is 1.73. The van der Waals surface area contributed by atoms with Gasteiger partial charge in [0.05, 0.1) is 18.8 Å². The molecule has 1 N–H and O–H groups in total. The minimum atomic E-state index is -0.0330. The van der Waals surface area contributed by atoms with Crippen LogP contribution in [0.1, 0.15) is 11.3 Å². The Labute approximate surface area is 112 Å². The third-order valence-electron chi connectivity index (χ3n) is 3.28. The molecule has 1 aromatic carbocycles. The second-order valence-corrected chi connectivity index (χ2v) is 4.54. The monoisotopic (exact) mass is 256 g/mol. The maximum Gasteiger partial charge on any atom is 0.124 e. The van der Waals surface area contributed by atoms with Crippen molar-refractivity contribution in [3.05, 3.63) is 53.9 Å². The molecule has 0 bridgehead atoms. The van der Waals surface area contributed by atoms with Crippen LogP contribution in [0.25, 0.3) is 0 Å². The van der Waals surface area contributed by atoms with Crippen molar-refractivity contribution in [3.8, 4) is 5.75 Å². The average molecular weight is 256 g/mol. The Bertz CT molecular complexity index is 572. The van der Waals surface area contributed by atoms with Crippen molar-refractivity contribution < 1.29 is 9.84 Å². The van der Waals surface area contributed by atoms with Crippen LogP contribution in [0, 0.1) is 0 Å². The van der Waals surface area contributed by atoms with Crippen molar-refractivity contribution in [1.82, 2.24) is 4.98 Å². The van der Waals surface area contributed by atoms with Crippen molar-refractivity contribution >= 4 is 5.69 Å². The molecular weight excluding hydrogens is 240 g/mol. The Morgan fingerprint density at radius 3 is 3.05 bits per heavy atom. The minimum absolute atomic E-state index is 0.0330. The molecule has 0 amide bonds. The largest absolute Gasteiger partial charge is 0.491 e. The van der Waals surface area contributed by atoms with Gasteiger partial charge in [0, 0.05) is 24.0 Å². The summed E-state index contributed by atoms with van der Waals surface area (Å²) in [6.45, 7) is 2.26. The summed E-state index contributed by atoms with van der Waals surface area (Å²) < 4.78 is 5.75. The van der Waals surface area contributed by atoms with E-state index in [-0.39, 0.29) is 6.61 Å². The summed E-state index contributed by atoms with van der Waals surface area (Å²) in [4.78, 5) is 6.36. The van der Waals surface area contributed by atoms with Crippen LogP contribution in [0.3, 0.4) is 0 Å². The van der Waals surface area contributed by atoms with E-state index < -0.39 is 0 Å². The number of benzene rings is 1. The third-order valence-corrected chi connectivity index (χ3v) is 3.28. The van der Waals surface area contributed by atoms with Gasteiger partial charge >= 0.3 is 0 Å². The number of rotatable bonds is 2. The fourth-order valence-corrected chi connectivity index (χ4v) is 2.29. The molecular formula is C15H16N2O2. The molecule has 0 aliphatic carbocycles. The fraction of sp³-hybridized carbons (Fsp3) is 0.267. The molecule has 1 aromatic heterocycles. The number of aromatic nitrogens is 1. The number of para-hydroxylation sites is 1. The summed E-state index contributed by atoms with van der Waals surface area (Å²) in [5.74, 6) is 0.960. The maximum atomic E-state index is 9.17. The van der Waals surface area contributed by atoms with Crippen molar-refractivity contribution in [2.75, 3.05) is 18.1 Å². The lowest BCUT2D eigenvalue weighted by Crippen LogP contribution is -2.25. The minimum Gasteiger partial charge on any atom is -0.491 e. The zero-order chi connectivity index (χ0) is 13.1. The number of hydrogen-bond donors (Lipinski definition) is 1. The van der Waals surface area contributed by atoms with Crippen LogP contribution < -0.4 is 9.64 Å². The standard InChI is InChI=1S/C15H16N2O2/c18-11-13-9-14(5-6-16-13)17-7-8-19-15-4-2-1-3-12(15)10-17/h1-6,9,18H,7-8,10-11H2. The summed E-state index contributed by atoms with van der Waals surface area (Å²) >= 11 is 0. The smallest absolute Gasteiger partial charge is 0.124 e. The predicted molar refractivity (Wildman–Crippen MR) is 73.1 cm³/mol. The lowest BCUT2D eigenvalue weighted by molar-refractivity contribution is 0.277. The van der Waals surface area contributed by atoms with Crippen LogP contribution in [0.5, 0.6) is 5.75 Å². The SMILES string of the molecule is OCc1cc(N2CCOc3ccccc3C2)ccn1. The lowest BCUT2D eigenvalue weighted by atomic mass is 10.2. The van der Waals surface area contributed by atoms with Crippen molar-refractivity contribution in [2.45, 2.75) is 13.2 Å². The summed E-state index contributed by atoms with van der Waals surface area (Å²) in [6, 6.07) is 12.0. The summed E-state index contributed by atoms with van der Waals surface area (Å²) in [5.41, 5.74) is 2.94. The van der Waals surface area contributed by atoms with E-state index >= 15 is 0 Å². The molecule has 2 aromatic rings. The maximum absolute atomic E-state index is 9.17. The zero-order valence-electron chi connectivity index (χ0n) is 10.6. The van der Waals surface area contributed by atoms with E-state index in [9.17, 15) is 0 Å². The Morgan fingerprint density at radius 2 is 2.16 bits per heavy atom. The van der Waals surface area contributed by atoms with E-state index in [0.29, 0.717) is 12.3 Å². The topological polar surface area (TPSA) is 45.6 Å². The first-order valence-corrected chi connectivity index (χ1v) is 6.38. The highest BCUT2D eigenvalue weighted by Crippen LogP contribution is 2.26. The first kappa shape index (κ1) is 12.0. The number of fused-ring (bicyclic) bond motifs is 1. The van der Waals surface area contributed by atoms with Gasteiger partial charge in [-0.3, -0.25) is 4.98 Å². The molecule has 0 spiro atoms. The predicted octanol–water partition coefficient (Wildman–Crippen LogP) is 1.97. The van der Waals surface area contributed by atoms with E-state index in [1.54, 1.807) is 6.20 Å². The van der Waals surface area contributed by atoms with Crippen molar-refractivity contribution in [3.63, 3.8) is 0 Å². The molecule has 0 saturated carbocycles. The van der Waals surface area contributed by atoms with Crippen LogP contribution in [0.15, 0.2) is 42.6 Å². The number of hydrogen-bond acceptors (Lipinski definition) is 4. The van der Waals surface area contributed by atoms with Gasteiger partial charge in [-0.1, -0.05) is 18.2 Å². The van der Waals surface area contributed by atoms with Gasteiger partial charge in [0.2, 0.25) is 0 Å². The Hall–Kier alpha value is -2.07. The van der Waals surface area contributed by atoms with Gasteiger partial charge in [0.1, 0.15) is 12.4 Å². The number of aliphatic hydroxyl groups excluding tert-OH is 1. The first-order chi connectivity index (χ1) is 9.36. The van der Waals surface area contributed by atoms with Gasteiger partial charge in [-0.15, -0.1) is 0 Å². The van der Waals surface area contributed by atoms with Crippen molar-refractivity contribution in [2.24, 2.45) is 0 Å². The van der Waals surface area contributed by atoms with Crippen LogP contribution >= 0.6 is 0 Å². The molecule has 1 aliphatic heterocycles. The van der Waals surface area contributed by atoms with Gasteiger partial charge in [0.25, 0.3) is 0 Å². The second kappa shape index (κ2) is 5.28. The molecule has 19 heavy (non-hydrogen) atoms. The molecule has 1 aliphatic rings. The molecule has 2 heterocycles. The quantitative estimate of drug-likeness (QED) is 0.892. The highest BCUT2D eigenvalue weighted by molar-refractivity contribution is 5.49. The lowest BCUT2D eigenvalue weighted by Gasteiger charge is -2.22. The van der Waals surface area contributed by atoms with Crippen LogP contribution in [-0.4, -0.2) is 23.2 Å². The highest BCUT2D eigenvalue weighted by Gasteiger charge is 2.15. The average Bonchev–Trinajstić information content (AvgIpc) is 2.69. The molecule has 3 rings (SSSR count). The number of aliphatic hydroxyl groups is 1. The molecule has 0 radical (unpaired) electrons. The molecule has 98 valence electrons. The fourth-order valence-electron chi connectivity index (χ4n) is 2.29. The van der Waals surface area contributed by atoms with Gasteiger partial charge in [-0.2, -0.15) is 0 Å². The van der Waals surface area contributed by atoms with Crippen LogP contribution in [0.4, 0.5) is 5.69 Å². The third kappa shape index (κ3) is 2.53. The van der Waals surface area contributed by atoms with E-state index in [4.69, 9.17) is 9.84 Å². The number of ether oxygens (including phenoxy) is 1. The molecule has 4 heteroatoms. The Kier molecular flexibility index (Phi) is 3.33. The van der Waals surface area contributed by atoms with Crippen molar-refractivity contribution in [1.29, 1.82) is 0 Å². The van der Waals surface area contributed by atoms with E-state index in [1.807, 2.05) is 30.3 Å². The van der Waals surface area contributed by atoms with E-state index in [2.05, 4.69) is 16.0 Å². The Morgan fingerprint density at radius 1 is 1.26 bits per heavy atom. The molecule has 0 atom stereocenters. The normalized spacial score (nSPS) is 14.5. The second-order valence-electron chi connectivity index (χ2n) is 4.54. The van der Waals surface area contributed by atoms with Gasteiger partial charge in [-0.05, 0) is 18.2 Å². The number of pyridine rings is 1. The van der Waals surface area contributed by atoms with E-state index in [1.165, 1.54) is 5.56 Å². The highest BCUT2D eigenvalue weighted by atomic mass is 16.5. The zero-order valence-corrected chi connectivity index (χ0v) is 10.6. The Balaban J connectivity index is 1.89. The first-order valence-electron chi connectivity index (χ1n) is 6.38. The summed E-state index contributed by atoms with van der Waals surface area (Å²) in [5, 5.41) is 9.17. The van der Waals surface area contributed by atoms with Gasteiger partial charge in [-0.25, -0.2) is 0 Å².